The summed E-state index contributed by atoms with van der Waals surface area (Å²) in [5, 5.41) is 11.3. The fraction of sp³-hybridized carbons (Fsp3) is 0.0667. The number of carboxylic acids is 1. The Morgan fingerprint density at radius 2 is 1.47 bits per heavy atom. The third kappa shape index (κ3) is 3.42. The van der Waals surface area contributed by atoms with Crippen LogP contribution >= 0.6 is 0 Å². The molecule has 4 heteroatoms. The van der Waals surface area contributed by atoms with E-state index in [1.54, 1.807) is 36.4 Å². The van der Waals surface area contributed by atoms with E-state index in [1.807, 2.05) is 18.2 Å². The number of benzene rings is 2. The number of carboxylic acid groups (broad SMARTS) is 1. The molecule has 2 N–H and O–H groups in total. The van der Waals surface area contributed by atoms with Gasteiger partial charge in [0.2, 0.25) is 0 Å². The highest BCUT2D eigenvalue weighted by Gasteiger charge is 2.08. The molecule has 0 aliphatic carbocycles. The van der Waals surface area contributed by atoms with Crippen molar-refractivity contribution in [2.75, 3.05) is 11.9 Å². The van der Waals surface area contributed by atoms with Crippen LogP contribution in [0, 0.1) is 0 Å². The second kappa shape index (κ2) is 5.82. The van der Waals surface area contributed by atoms with Crippen LogP contribution in [0.5, 0.6) is 0 Å². The molecule has 0 spiro atoms. The molecule has 96 valence electrons. The molecular formula is C15H13NO3. The molecule has 0 radical (unpaired) electrons. The summed E-state index contributed by atoms with van der Waals surface area (Å²) >= 11 is 0. The molecule has 0 unspecified atom stereocenters. The largest absolute Gasteiger partial charge is 0.480 e. The summed E-state index contributed by atoms with van der Waals surface area (Å²) < 4.78 is 0. The number of anilines is 1. The molecule has 0 saturated heterocycles. The summed E-state index contributed by atoms with van der Waals surface area (Å²) in [5.74, 6) is -0.977. The van der Waals surface area contributed by atoms with E-state index < -0.39 is 5.97 Å². The van der Waals surface area contributed by atoms with Crippen LogP contribution in [0.2, 0.25) is 0 Å². The zero-order valence-corrected chi connectivity index (χ0v) is 10.2. The number of rotatable bonds is 5. The Labute approximate surface area is 110 Å². The minimum atomic E-state index is -0.926. The Morgan fingerprint density at radius 3 is 2.05 bits per heavy atom. The monoisotopic (exact) mass is 255 g/mol. The van der Waals surface area contributed by atoms with E-state index >= 15 is 0 Å². The topological polar surface area (TPSA) is 66.4 Å². The molecule has 0 heterocycles. The van der Waals surface area contributed by atoms with Crippen molar-refractivity contribution >= 4 is 17.4 Å². The Kier molecular flexibility index (Phi) is 3.93. The molecule has 2 rings (SSSR count). The Bertz CT molecular complexity index is 576. The number of hydrogen-bond donors (Lipinski definition) is 2. The van der Waals surface area contributed by atoms with Crippen LogP contribution in [-0.4, -0.2) is 23.4 Å². The fourth-order valence-corrected chi connectivity index (χ4v) is 1.67. The Hall–Kier alpha value is -2.62. The van der Waals surface area contributed by atoms with E-state index in [0.29, 0.717) is 16.8 Å². The first kappa shape index (κ1) is 12.8. The molecular weight excluding hydrogens is 242 g/mol. The highest BCUT2D eigenvalue weighted by atomic mass is 16.4. The van der Waals surface area contributed by atoms with Crippen molar-refractivity contribution in [1.82, 2.24) is 0 Å². The van der Waals surface area contributed by atoms with Crippen LogP contribution in [0.25, 0.3) is 0 Å². The molecule has 19 heavy (non-hydrogen) atoms. The zero-order valence-electron chi connectivity index (χ0n) is 10.2. The molecule has 0 aromatic heterocycles. The van der Waals surface area contributed by atoms with E-state index in [2.05, 4.69) is 5.32 Å². The molecule has 0 aliphatic rings. The lowest BCUT2D eigenvalue weighted by Crippen LogP contribution is -2.12. The molecule has 0 amide bonds. The van der Waals surface area contributed by atoms with Gasteiger partial charge in [-0.2, -0.15) is 0 Å². The number of carbonyl (C=O) groups is 2. The first-order chi connectivity index (χ1) is 9.16. The van der Waals surface area contributed by atoms with Gasteiger partial charge >= 0.3 is 5.97 Å². The van der Waals surface area contributed by atoms with E-state index in [4.69, 9.17) is 5.11 Å². The van der Waals surface area contributed by atoms with Gasteiger partial charge in [-0.3, -0.25) is 9.59 Å². The minimum Gasteiger partial charge on any atom is -0.480 e. The summed E-state index contributed by atoms with van der Waals surface area (Å²) in [7, 11) is 0. The predicted octanol–water partition coefficient (Wildman–Crippen LogP) is 2.41. The minimum absolute atomic E-state index is 0.0506. The number of nitrogens with one attached hydrogen (secondary N) is 1. The van der Waals surface area contributed by atoms with Gasteiger partial charge in [0.25, 0.3) is 0 Å². The van der Waals surface area contributed by atoms with Gasteiger partial charge in [-0.05, 0) is 24.3 Å². The zero-order chi connectivity index (χ0) is 13.7. The summed E-state index contributed by atoms with van der Waals surface area (Å²) in [6, 6.07) is 15.8. The maximum atomic E-state index is 12.1. The summed E-state index contributed by atoms with van der Waals surface area (Å²) in [6.45, 7) is -0.147. The smallest absolute Gasteiger partial charge is 0.322 e. The average molecular weight is 255 g/mol. The molecule has 0 saturated carbocycles. The third-order valence-electron chi connectivity index (χ3n) is 2.63. The van der Waals surface area contributed by atoms with Gasteiger partial charge in [0.1, 0.15) is 6.54 Å². The van der Waals surface area contributed by atoms with Crippen molar-refractivity contribution in [3.8, 4) is 0 Å². The fourth-order valence-electron chi connectivity index (χ4n) is 1.67. The second-order valence-corrected chi connectivity index (χ2v) is 4.02. The molecule has 0 aliphatic heterocycles. The summed E-state index contributed by atoms with van der Waals surface area (Å²) in [5.41, 5.74) is 1.88. The average Bonchev–Trinajstić information content (AvgIpc) is 2.46. The number of aliphatic carboxylic acids is 1. The molecule has 4 nitrogen and oxygen atoms in total. The number of carbonyl (C=O) groups excluding carboxylic acids is 1. The van der Waals surface area contributed by atoms with Crippen molar-refractivity contribution in [3.05, 3.63) is 65.7 Å². The van der Waals surface area contributed by atoms with Gasteiger partial charge in [0, 0.05) is 16.8 Å². The number of ketones is 1. The molecule has 0 bridgehead atoms. The van der Waals surface area contributed by atoms with Crippen LogP contribution < -0.4 is 5.32 Å². The SMILES string of the molecule is O=C(O)CNc1ccc(C(=O)c2ccccc2)cc1. The summed E-state index contributed by atoms with van der Waals surface area (Å²) in [6.07, 6.45) is 0. The molecule has 0 fully saturated rings. The van der Waals surface area contributed by atoms with E-state index in [9.17, 15) is 9.59 Å². The van der Waals surface area contributed by atoms with Crippen LogP contribution in [0.3, 0.4) is 0 Å². The predicted molar refractivity (Wildman–Crippen MR) is 72.4 cm³/mol. The van der Waals surface area contributed by atoms with E-state index in [0.717, 1.165) is 0 Å². The highest BCUT2D eigenvalue weighted by Crippen LogP contribution is 2.13. The normalized spacial score (nSPS) is 9.89. The molecule has 2 aromatic rings. The standard InChI is InChI=1S/C15H13NO3/c17-14(18)10-16-13-8-6-12(7-9-13)15(19)11-4-2-1-3-5-11/h1-9,16H,10H2,(H,17,18). The van der Waals surface area contributed by atoms with E-state index in [1.165, 1.54) is 0 Å². The van der Waals surface area contributed by atoms with Crippen LogP contribution in [0.15, 0.2) is 54.6 Å². The Balaban J connectivity index is 2.10. The van der Waals surface area contributed by atoms with Gasteiger partial charge in [0.05, 0.1) is 0 Å². The quantitative estimate of drug-likeness (QED) is 0.805. The second-order valence-electron chi connectivity index (χ2n) is 4.02. The third-order valence-corrected chi connectivity index (χ3v) is 2.63. The first-order valence-corrected chi connectivity index (χ1v) is 5.82. The van der Waals surface area contributed by atoms with Crippen molar-refractivity contribution in [2.24, 2.45) is 0 Å². The Morgan fingerprint density at radius 1 is 0.895 bits per heavy atom. The van der Waals surface area contributed by atoms with Gasteiger partial charge < -0.3 is 10.4 Å². The van der Waals surface area contributed by atoms with Crippen molar-refractivity contribution in [3.63, 3.8) is 0 Å². The van der Waals surface area contributed by atoms with Gasteiger partial charge in [-0.15, -0.1) is 0 Å². The van der Waals surface area contributed by atoms with Gasteiger partial charge in [0.15, 0.2) is 5.78 Å². The van der Waals surface area contributed by atoms with Gasteiger partial charge in [-0.1, -0.05) is 30.3 Å². The van der Waals surface area contributed by atoms with Gasteiger partial charge in [-0.25, -0.2) is 0 Å². The lowest BCUT2D eigenvalue weighted by Gasteiger charge is -2.05. The van der Waals surface area contributed by atoms with Crippen LogP contribution in [-0.2, 0) is 4.79 Å². The molecule has 2 aromatic carbocycles. The first-order valence-electron chi connectivity index (χ1n) is 5.82. The number of hydrogen-bond acceptors (Lipinski definition) is 3. The lowest BCUT2D eigenvalue weighted by molar-refractivity contribution is -0.134. The van der Waals surface area contributed by atoms with Crippen molar-refractivity contribution in [1.29, 1.82) is 0 Å². The maximum absolute atomic E-state index is 12.1. The van der Waals surface area contributed by atoms with Crippen molar-refractivity contribution in [2.45, 2.75) is 0 Å². The van der Waals surface area contributed by atoms with Crippen molar-refractivity contribution < 1.29 is 14.7 Å². The van der Waals surface area contributed by atoms with E-state index in [-0.39, 0.29) is 12.3 Å². The van der Waals surface area contributed by atoms with Crippen LogP contribution in [0.1, 0.15) is 15.9 Å². The lowest BCUT2D eigenvalue weighted by atomic mass is 10.0. The van der Waals surface area contributed by atoms with Crippen LogP contribution in [0.4, 0.5) is 5.69 Å². The summed E-state index contributed by atoms with van der Waals surface area (Å²) in [4.78, 5) is 22.5. The highest BCUT2D eigenvalue weighted by molar-refractivity contribution is 6.09. The molecule has 0 atom stereocenters. The maximum Gasteiger partial charge on any atom is 0.322 e.